The number of para-hydroxylation sites is 1. The van der Waals surface area contributed by atoms with Gasteiger partial charge in [0, 0.05) is 17.3 Å². The number of nitrogens with one attached hydrogen (secondary N) is 1. The molecule has 4 rings (SSSR count). The lowest BCUT2D eigenvalue weighted by molar-refractivity contribution is -0.153. The van der Waals surface area contributed by atoms with E-state index < -0.39 is 18.2 Å². The van der Waals surface area contributed by atoms with Gasteiger partial charge in [-0.2, -0.15) is 5.10 Å². The maximum Gasteiger partial charge on any atom is 0.366 e. The highest BCUT2D eigenvalue weighted by Crippen LogP contribution is 2.28. The fourth-order valence-corrected chi connectivity index (χ4v) is 3.16. The van der Waals surface area contributed by atoms with E-state index in [0.717, 1.165) is 21.7 Å². The molecule has 29 heavy (non-hydrogen) atoms. The molecule has 10 nitrogen and oxygen atoms in total. The monoisotopic (exact) mass is 397 g/mol. The van der Waals surface area contributed by atoms with E-state index in [0.29, 0.717) is 23.7 Å². The molecule has 1 atom stereocenters. The molecule has 0 saturated carbocycles. The third kappa shape index (κ3) is 3.64. The summed E-state index contributed by atoms with van der Waals surface area (Å²) in [6, 6.07) is 6.43. The Morgan fingerprint density at radius 3 is 2.83 bits per heavy atom. The Kier molecular flexibility index (Phi) is 4.67. The Labute approximate surface area is 165 Å². The van der Waals surface area contributed by atoms with Crippen molar-refractivity contribution in [2.24, 2.45) is 0 Å². The second-order valence-corrected chi connectivity index (χ2v) is 6.70. The normalized spacial score (nSPS) is 15.5. The lowest BCUT2D eigenvalue weighted by Crippen LogP contribution is -2.52. The summed E-state index contributed by atoms with van der Waals surface area (Å²) in [5.74, 6) is -0.0861. The first-order valence-electron chi connectivity index (χ1n) is 8.91. The SMILES string of the molecule is Cc1noc(C)c1Cn1cc(NC(=O)N2Cc3ccccc3OC2C(=O)O)cn1. The topological polar surface area (TPSA) is 123 Å². The fraction of sp³-hybridized carbons (Fsp3) is 0.263. The van der Waals surface area contributed by atoms with E-state index in [1.807, 2.05) is 13.8 Å². The summed E-state index contributed by atoms with van der Waals surface area (Å²) in [5, 5.41) is 20.3. The Bertz CT molecular complexity index is 1050. The van der Waals surface area contributed by atoms with Crippen molar-refractivity contribution in [2.75, 3.05) is 5.32 Å². The largest absolute Gasteiger partial charge is 0.477 e. The number of aliphatic carboxylic acids is 1. The van der Waals surface area contributed by atoms with Crippen molar-refractivity contribution in [3.05, 3.63) is 59.2 Å². The Morgan fingerprint density at radius 1 is 1.31 bits per heavy atom. The van der Waals surface area contributed by atoms with Crippen LogP contribution in [-0.4, -0.2) is 43.2 Å². The maximum absolute atomic E-state index is 12.7. The molecule has 1 aliphatic rings. The summed E-state index contributed by atoms with van der Waals surface area (Å²) in [6.45, 7) is 4.22. The van der Waals surface area contributed by atoms with Crippen molar-refractivity contribution in [1.29, 1.82) is 0 Å². The first-order valence-corrected chi connectivity index (χ1v) is 8.91. The molecule has 0 spiro atoms. The van der Waals surface area contributed by atoms with Gasteiger partial charge in [-0.15, -0.1) is 0 Å². The van der Waals surface area contributed by atoms with Gasteiger partial charge in [0.2, 0.25) is 0 Å². The summed E-state index contributed by atoms with van der Waals surface area (Å²) in [4.78, 5) is 25.5. The van der Waals surface area contributed by atoms with Gasteiger partial charge >= 0.3 is 12.0 Å². The van der Waals surface area contributed by atoms with Gasteiger partial charge in [-0.3, -0.25) is 9.58 Å². The zero-order valence-electron chi connectivity index (χ0n) is 15.8. The number of ether oxygens (including phenoxy) is 1. The second-order valence-electron chi connectivity index (χ2n) is 6.70. The quantitative estimate of drug-likeness (QED) is 0.693. The number of carboxylic acids is 1. The van der Waals surface area contributed by atoms with E-state index in [1.54, 1.807) is 35.1 Å². The van der Waals surface area contributed by atoms with Crippen LogP contribution < -0.4 is 10.1 Å². The van der Waals surface area contributed by atoms with E-state index in [2.05, 4.69) is 15.6 Å². The average Bonchev–Trinajstić information content (AvgIpc) is 3.28. The van der Waals surface area contributed by atoms with Crippen LogP contribution >= 0.6 is 0 Å². The zero-order chi connectivity index (χ0) is 20.5. The van der Waals surface area contributed by atoms with Gasteiger partial charge in [0.1, 0.15) is 11.5 Å². The van der Waals surface area contributed by atoms with Gasteiger partial charge in [0.15, 0.2) is 0 Å². The van der Waals surface area contributed by atoms with Crippen molar-refractivity contribution in [1.82, 2.24) is 19.8 Å². The van der Waals surface area contributed by atoms with Crippen molar-refractivity contribution in [3.8, 4) is 5.75 Å². The number of carbonyl (C=O) groups excluding carboxylic acids is 1. The number of nitrogens with zero attached hydrogens (tertiary/aromatic N) is 4. The zero-order valence-corrected chi connectivity index (χ0v) is 15.8. The molecule has 0 bridgehead atoms. The number of hydrogen-bond acceptors (Lipinski definition) is 6. The van der Waals surface area contributed by atoms with Gasteiger partial charge in [0.05, 0.1) is 30.7 Å². The molecule has 0 fully saturated rings. The molecular formula is C19H19N5O5. The number of benzene rings is 1. The molecule has 1 aliphatic heterocycles. The van der Waals surface area contributed by atoms with Crippen LogP contribution in [0.15, 0.2) is 41.2 Å². The van der Waals surface area contributed by atoms with Crippen LogP contribution in [0.2, 0.25) is 0 Å². The second kappa shape index (κ2) is 7.30. The Hall–Kier alpha value is -3.82. The summed E-state index contributed by atoms with van der Waals surface area (Å²) >= 11 is 0. The molecule has 3 heterocycles. The third-order valence-electron chi connectivity index (χ3n) is 4.69. The predicted molar refractivity (Wildman–Crippen MR) is 100 cm³/mol. The van der Waals surface area contributed by atoms with Crippen molar-refractivity contribution in [3.63, 3.8) is 0 Å². The Balaban J connectivity index is 1.49. The number of urea groups is 1. The summed E-state index contributed by atoms with van der Waals surface area (Å²) < 4.78 is 12.3. The van der Waals surface area contributed by atoms with E-state index >= 15 is 0 Å². The van der Waals surface area contributed by atoms with Crippen LogP contribution in [-0.2, 0) is 17.9 Å². The average molecular weight is 397 g/mol. The highest BCUT2D eigenvalue weighted by molar-refractivity contribution is 5.92. The van der Waals surface area contributed by atoms with Crippen molar-refractivity contribution >= 4 is 17.7 Å². The fourth-order valence-electron chi connectivity index (χ4n) is 3.16. The van der Waals surface area contributed by atoms with E-state index in [-0.39, 0.29) is 6.54 Å². The molecule has 10 heteroatoms. The maximum atomic E-state index is 12.7. The van der Waals surface area contributed by atoms with Gasteiger partial charge in [-0.05, 0) is 19.9 Å². The molecule has 1 aromatic carbocycles. The smallest absolute Gasteiger partial charge is 0.366 e. The Morgan fingerprint density at radius 2 is 2.10 bits per heavy atom. The van der Waals surface area contributed by atoms with Crippen LogP contribution in [0.5, 0.6) is 5.75 Å². The third-order valence-corrected chi connectivity index (χ3v) is 4.69. The lowest BCUT2D eigenvalue weighted by Gasteiger charge is -2.34. The highest BCUT2D eigenvalue weighted by Gasteiger charge is 2.36. The minimum absolute atomic E-state index is 0.117. The van der Waals surface area contributed by atoms with E-state index in [1.165, 1.54) is 6.20 Å². The van der Waals surface area contributed by atoms with Crippen LogP contribution in [0.1, 0.15) is 22.6 Å². The van der Waals surface area contributed by atoms with Crippen LogP contribution in [0, 0.1) is 13.8 Å². The minimum Gasteiger partial charge on any atom is -0.477 e. The molecule has 0 saturated heterocycles. The van der Waals surface area contributed by atoms with Crippen molar-refractivity contribution < 1.29 is 24.0 Å². The number of carboxylic acid groups (broad SMARTS) is 1. The summed E-state index contributed by atoms with van der Waals surface area (Å²) in [6.07, 6.45) is 1.73. The number of carbonyl (C=O) groups is 2. The van der Waals surface area contributed by atoms with E-state index in [4.69, 9.17) is 9.26 Å². The van der Waals surface area contributed by atoms with Crippen molar-refractivity contribution in [2.45, 2.75) is 33.2 Å². The minimum atomic E-state index is -1.41. The highest BCUT2D eigenvalue weighted by atomic mass is 16.5. The number of fused-ring (bicyclic) bond motifs is 1. The number of anilines is 1. The van der Waals surface area contributed by atoms with Crippen LogP contribution in [0.3, 0.4) is 0 Å². The summed E-state index contributed by atoms with van der Waals surface area (Å²) in [7, 11) is 0. The predicted octanol–water partition coefficient (Wildman–Crippen LogP) is 2.37. The molecule has 0 radical (unpaired) electrons. The first kappa shape index (κ1) is 18.5. The number of rotatable bonds is 4. The number of hydrogen-bond donors (Lipinski definition) is 2. The van der Waals surface area contributed by atoms with Crippen LogP contribution in [0.25, 0.3) is 0 Å². The number of aromatic nitrogens is 3. The first-order chi connectivity index (χ1) is 13.9. The molecule has 2 N–H and O–H groups in total. The van der Waals surface area contributed by atoms with Gasteiger partial charge in [-0.1, -0.05) is 23.4 Å². The summed E-state index contributed by atoms with van der Waals surface area (Å²) in [5.41, 5.74) is 2.86. The standard InChI is InChI=1S/C19H19N5O5/c1-11-15(12(2)29-22-11)10-23-9-14(7-20-23)21-19(27)24-8-13-5-3-4-6-16(13)28-17(24)18(25)26/h3-7,9,17H,8,10H2,1-2H3,(H,21,27)(H,25,26). The molecule has 2 amide bonds. The molecule has 3 aromatic rings. The number of amides is 2. The number of aryl methyl sites for hydroxylation is 2. The van der Waals surface area contributed by atoms with Crippen LogP contribution in [0.4, 0.5) is 10.5 Å². The molecule has 150 valence electrons. The lowest BCUT2D eigenvalue weighted by atomic mass is 10.1. The van der Waals surface area contributed by atoms with E-state index in [9.17, 15) is 14.7 Å². The molecule has 2 aromatic heterocycles. The van der Waals surface area contributed by atoms with Gasteiger partial charge in [0.25, 0.3) is 6.23 Å². The molecule has 1 unspecified atom stereocenters. The molecule has 0 aliphatic carbocycles. The molecular weight excluding hydrogens is 378 g/mol. The van der Waals surface area contributed by atoms with Gasteiger partial charge < -0.3 is 19.7 Å². The van der Waals surface area contributed by atoms with Gasteiger partial charge in [-0.25, -0.2) is 9.59 Å².